The van der Waals surface area contributed by atoms with Gasteiger partial charge in [0.2, 0.25) is 0 Å². The van der Waals surface area contributed by atoms with E-state index in [-0.39, 0.29) is 0 Å². The largest absolute Gasteiger partial charge is 0.385 e. The Balaban J connectivity index is 2.22. The van der Waals surface area contributed by atoms with Crippen molar-refractivity contribution >= 4 is 0 Å². The number of rotatable bonds is 1. The maximum atomic E-state index is 10.3. The Hall–Kier alpha value is -0.300. The van der Waals surface area contributed by atoms with Crippen LogP contribution in [0.2, 0.25) is 0 Å². The van der Waals surface area contributed by atoms with Gasteiger partial charge in [0.15, 0.2) is 0 Å². The highest BCUT2D eigenvalue weighted by Crippen LogP contribution is 2.54. The van der Waals surface area contributed by atoms with Crippen molar-refractivity contribution in [3.63, 3.8) is 0 Å². The molecule has 0 aromatic carbocycles. The van der Waals surface area contributed by atoms with E-state index in [1.807, 2.05) is 19.1 Å². The first kappa shape index (κ1) is 8.31. The molecule has 1 heteroatoms. The van der Waals surface area contributed by atoms with Crippen molar-refractivity contribution in [2.45, 2.75) is 38.7 Å². The van der Waals surface area contributed by atoms with Gasteiger partial charge in [-0.05, 0) is 43.9 Å². The Kier molecular flexibility index (Phi) is 1.80. The molecular formula is C11H18O. The highest BCUT2D eigenvalue weighted by atomic mass is 16.3. The lowest BCUT2D eigenvalue weighted by molar-refractivity contribution is 0.0294. The van der Waals surface area contributed by atoms with Gasteiger partial charge in [0, 0.05) is 0 Å². The molecule has 0 saturated heterocycles. The molecule has 0 spiro atoms. The van der Waals surface area contributed by atoms with Crippen LogP contribution >= 0.6 is 0 Å². The van der Waals surface area contributed by atoms with Crippen LogP contribution in [0.5, 0.6) is 0 Å². The van der Waals surface area contributed by atoms with Crippen LogP contribution in [0.3, 0.4) is 0 Å². The van der Waals surface area contributed by atoms with E-state index in [1.54, 1.807) is 0 Å². The molecule has 2 fully saturated rings. The molecule has 68 valence electrons. The van der Waals surface area contributed by atoms with Crippen molar-refractivity contribution < 1.29 is 5.11 Å². The summed E-state index contributed by atoms with van der Waals surface area (Å²) in [4.78, 5) is 0. The third-order valence-corrected chi connectivity index (χ3v) is 3.91. The van der Waals surface area contributed by atoms with Crippen LogP contribution < -0.4 is 0 Å². The van der Waals surface area contributed by atoms with E-state index < -0.39 is 5.60 Å². The van der Waals surface area contributed by atoms with E-state index in [0.29, 0.717) is 5.92 Å². The highest BCUT2D eigenvalue weighted by molar-refractivity contribution is 5.14. The molecule has 12 heavy (non-hydrogen) atoms. The minimum Gasteiger partial charge on any atom is -0.385 e. The Morgan fingerprint density at radius 2 is 2.17 bits per heavy atom. The first-order valence-corrected chi connectivity index (χ1v) is 5.03. The summed E-state index contributed by atoms with van der Waals surface area (Å²) >= 11 is 0. The second kappa shape index (κ2) is 2.59. The number of fused-ring (bicyclic) bond motifs is 2. The third-order valence-electron chi connectivity index (χ3n) is 3.91. The normalized spacial score (nSPS) is 52.4. The average molecular weight is 166 g/mol. The molecular weight excluding hydrogens is 148 g/mol. The van der Waals surface area contributed by atoms with Gasteiger partial charge in [0.25, 0.3) is 0 Å². The topological polar surface area (TPSA) is 20.2 Å². The molecule has 0 aromatic rings. The lowest BCUT2D eigenvalue weighted by atomic mass is 9.83. The summed E-state index contributed by atoms with van der Waals surface area (Å²) in [6, 6.07) is 0. The summed E-state index contributed by atoms with van der Waals surface area (Å²) < 4.78 is 0. The molecule has 4 unspecified atom stereocenters. The summed E-state index contributed by atoms with van der Waals surface area (Å²) in [6.07, 6.45) is 7.57. The Morgan fingerprint density at radius 1 is 1.42 bits per heavy atom. The van der Waals surface area contributed by atoms with Crippen LogP contribution in [0.25, 0.3) is 0 Å². The van der Waals surface area contributed by atoms with Gasteiger partial charge >= 0.3 is 0 Å². The van der Waals surface area contributed by atoms with Gasteiger partial charge in [0.1, 0.15) is 0 Å². The van der Waals surface area contributed by atoms with Crippen LogP contribution in [0.15, 0.2) is 12.2 Å². The molecule has 4 atom stereocenters. The molecule has 2 rings (SSSR count). The van der Waals surface area contributed by atoms with Crippen molar-refractivity contribution in [1.82, 2.24) is 0 Å². The lowest BCUT2D eigenvalue weighted by Crippen LogP contribution is -2.33. The van der Waals surface area contributed by atoms with Crippen molar-refractivity contribution in [2.75, 3.05) is 0 Å². The Bertz CT molecular complexity index is 209. The van der Waals surface area contributed by atoms with Crippen molar-refractivity contribution in [2.24, 2.45) is 17.8 Å². The van der Waals surface area contributed by atoms with E-state index in [4.69, 9.17) is 0 Å². The zero-order valence-corrected chi connectivity index (χ0v) is 7.96. The molecule has 0 radical (unpaired) electrons. The standard InChI is InChI=1S/C11H18O/c1-3-6-11(12)7-9-4-5-10(11)8(9)2/h3,6,8-10,12H,4-5,7H2,1-2H3/b6-3+. The highest BCUT2D eigenvalue weighted by Gasteiger charge is 2.52. The summed E-state index contributed by atoms with van der Waals surface area (Å²) in [5.74, 6) is 2.07. The molecule has 2 aliphatic rings. The number of hydrogen-bond acceptors (Lipinski definition) is 1. The van der Waals surface area contributed by atoms with Gasteiger partial charge in [-0.3, -0.25) is 0 Å². The fourth-order valence-electron chi connectivity index (χ4n) is 3.29. The SMILES string of the molecule is C/C=C/C1(O)CC2CCC1C2C. The molecule has 0 aliphatic heterocycles. The van der Waals surface area contributed by atoms with Gasteiger partial charge in [0.05, 0.1) is 5.60 Å². The second-order valence-corrected chi connectivity index (χ2v) is 4.50. The summed E-state index contributed by atoms with van der Waals surface area (Å²) in [5.41, 5.74) is -0.447. The van der Waals surface area contributed by atoms with Crippen LogP contribution in [-0.4, -0.2) is 10.7 Å². The van der Waals surface area contributed by atoms with Gasteiger partial charge in [-0.25, -0.2) is 0 Å². The van der Waals surface area contributed by atoms with Gasteiger partial charge < -0.3 is 5.11 Å². The molecule has 2 saturated carbocycles. The maximum Gasteiger partial charge on any atom is 0.0861 e. The van der Waals surface area contributed by atoms with E-state index in [0.717, 1.165) is 18.3 Å². The van der Waals surface area contributed by atoms with Crippen molar-refractivity contribution in [3.8, 4) is 0 Å². The van der Waals surface area contributed by atoms with E-state index >= 15 is 0 Å². The van der Waals surface area contributed by atoms with Crippen LogP contribution in [0.1, 0.15) is 33.1 Å². The van der Waals surface area contributed by atoms with Crippen LogP contribution in [0, 0.1) is 17.8 Å². The third kappa shape index (κ3) is 0.957. The minimum absolute atomic E-state index is 0.447. The number of hydrogen-bond donors (Lipinski definition) is 1. The molecule has 2 bridgehead atoms. The fraction of sp³-hybridized carbons (Fsp3) is 0.818. The quantitative estimate of drug-likeness (QED) is 0.593. The van der Waals surface area contributed by atoms with E-state index in [1.165, 1.54) is 12.8 Å². The monoisotopic (exact) mass is 166 g/mol. The molecule has 1 N–H and O–H groups in total. The van der Waals surface area contributed by atoms with E-state index in [2.05, 4.69) is 6.92 Å². The first-order chi connectivity index (χ1) is 5.67. The van der Waals surface area contributed by atoms with Gasteiger partial charge in [-0.15, -0.1) is 0 Å². The summed E-state index contributed by atoms with van der Waals surface area (Å²) in [7, 11) is 0. The summed E-state index contributed by atoms with van der Waals surface area (Å²) in [5, 5.41) is 10.3. The molecule has 1 nitrogen and oxygen atoms in total. The van der Waals surface area contributed by atoms with Crippen molar-refractivity contribution in [1.29, 1.82) is 0 Å². The maximum absolute atomic E-state index is 10.3. The molecule has 0 aromatic heterocycles. The Morgan fingerprint density at radius 3 is 2.58 bits per heavy atom. The smallest absolute Gasteiger partial charge is 0.0861 e. The predicted molar refractivity (Wildman–Crippen MR) is 49.8 cm³/mol. The van der Waals surface area contributed by atoms with Gasteiger partial charge in [-0.2, -0.15) is 0 Å². The fourth-order valence-corrected chi connectivity index (χ4v) is 3.29. The zero-order chi connectivity index (χ0) is 8.77. The van der Waals surface area contributed by atoms with Crippen LogP contribution in [0.4, 0.5) is 0 Å². The lowest BCUT2D eigenvalue weighted by Gasteiger charge is -2.29. The zero-order valence-electron chi connectivity index (χ0n) is 7.96. The molecule has 2 aliphatic carbocycles. The predicted octanol–water partition coefficient (Wildman–Crippen LogP) is 2.36. The minimum atomic E-state index is -0.447. The van der Waals surface area contributed by atoms with Crippen molar-refractivity contribution in [3.05, 3.63) is 12.2 Å². The van der Waals surface area contributed by atoms with Crippen LogP contribution in [-0.2, 0) is 0 Å². The first-order valence-electron chi connectivity index (χ1n) is 5.03. The second-order valence-electron chi connectivity index (χ2n) is 4.50. The van der Waals surface area contributed by atoms with Gasteiger partial charge in [-0.1, -0.05) is 19.1 Å². The molecule has 0 heterocycles. The average Bonchev–Trinajstić information content (AvgIpc) is 2.44. The number of allylic oxidation sites excluding steroid dienone is 1. The summed E-state index contributed by atoms with van der Waals surface area (Å²) in [6.45, 7) is 4.29. The Labute approximate surface area is 74.5 Å². The van der Waals surface area contributed by atoms with E-state index in [9.17, 15) is 5.11 Å². The number of aliphatic hydroxyl groups is 1. The molecule has 0 amide bonds.